The van der Waals surface area contributed by atoms with Crippen molar-refractivity contribution < 1.29 is 19.4 Å². The lowest BCUT2D eigenvalue weighted by Gasteiger charge is -2.24. The molecule has 2 aromatic rings. The van der Waals surface area contributed by atoms with Crippen LogP contribution in [0.3, 0.4) is 0 Å². The van der Waals surface area contributed by atoms with Crippen LogP contribution in [0.1, 0.15) is 33.4 Å². The summed E-state index contributed by atoms with van der Waals surface area (Å²) in [6.45, 7) is 0.742. The number of rotatable bonds is 4. The standard InChI is InChI=1S/C15H14N2O4S/c18-14(16-7-13-17-11(8-22-13)15(19)20)10-5-6-21-12-4-2-1-3-9(10)12/h1-4,8,10H,5-7H2,(H,16,18)(H,19,20). The first kappa shape index (κ1) is 14.5. The van der Waals surface area contributed by atoms with Crippen molar-refractivity contribution in [2.24, 2.45) is 0 Å². The summed E-state index contributed by atoms with van der Waals surface area (Å²) >= 11 is 1.22. The highest BCUT2D eigenvalue weighted by Gasteiger charge is 2.27. The van der Waals surface area contributed by atoms with Gasteiger partial charge in [-0.25, -0.2) is 9.78 Å². The summed E-state index contributed by atoms with van der Waals surface area (Å²) in [5.41, 5.74) is 0.891. The predicted octanol–water partition coefficient (Wildman–Crippen LogP) is 2.02. The van der Waals surface area contributed by atoms with Gasteiger partial charge in [0.1, 0.15) is 10.8 Å². The van der Waals surface area contributed by atoms with Crippen LogP contribution < -0.4 is 10.1 Å². The number of carbonyl (C=O) groups is 2. The maximum atomic E-state index is 12.4. The Labute approximate surface area is 130 Å². The average molecular weight is 318 g/mol. The number of benzene rings is 1. The smallest absolute Gasteiger partial charge is 0.355 e. The van der Waals surface area contributed by atoms with Crippen molar-refractivity contribution in [2.75, 3.05) is 6.61 Å². The van der Waals surface area contributed by atoms with E-state index in [-0.39, 0.29) is 24.1 Å². The van der Waals surface area contributed by atoms with Gasteiger partial charge in [-0.2, -0.15) is 0 Å². The van der Waals surface area contributed by atoms with Crippen LogP contribution in [0.25, 0.3) is 0 Å². The van der Waals surface area contributed by atoms with Gasteiger partial charge in [0.15, 0.2) is 5.69 Å². The first-order chi connectivity index (χ1) is 10.6. The molecule has 1 amide bonds. The highest BCUT2D eigenvalue weighted by Crippen LogP contribution is 2.33. The third-order valence-electron chi connectivity index (χ3n) is 3.46. The molecule has 0 spiro atoms. The van der Waals surface area contributed by atoms with Crippen LogP contribution in [0, 0.1) is 0 Å². The van der Waals surface area contributed by atoms with Crippen molar-refractivity contribution >= 4 is 23.2 Å². The van der Waals surface area contributed by atoms with E-state index in [2.05, 4.69) is 10.3 Å². The summed E-state index contributed by atoms with van der Waals surface area (Å²) in [7, 11) is 0. The van der Waals surface area contributed by atoms with Crippen LogP contribution in [0.2, 0.25) is 0 Å². The Balaban J connectivity index is 1.66. The molecule has 1 aromatic carbocycles. The average Bonchev–Trinajstić information content (AvgIpc) is 3.01. The molecule has 2 heterocycles. The fourth-order valence-corrected chi connectivity index (χ4v) is 3.10. The minimum atomic E-state index is -1.06. The molecule has 0 radical (unpaired) electrons. The molecule has 0 fully saturated rings. The van der Waals surface area contributed by atoms with Gasteiger partial charge in [-0.15, -0.1) is 11.3 Å². The third kappa shape index (κ3) is 2.94. The monoisotopic (exact) mass is 318 g/mol. The molecule has 0 saturated carbocycles. The second kappa shape index (κ2) is 6.15. The number of nitrogens with zero attached hydrogens (tertiary/aromatic N) is 1. The first-order valence-corrected chi connectivity index (χ1v) is 7.70. The number of hydrogen-bond acceptors (Lipinski definition) is 5. The topological polar surface area (TPSA) is 88.5 Å². The summed E-state index contributed by atoms with van der Waals surface area (Å²) in [5, 5.41) is 13.7. The number of aromatic nitrogens is 1. The summed E-state index contributed by atoms with van der Waals surface area (Å²) in [6, 6.07) is 7.51. The number of fused-ring (bicyclic) bond motifs is 1. The normalized spacial score (nSPS) is 16.5. The molecular formula is C15H14N2O4S. The number of thiazole rings is 1. The number of carbonyl (C=O) groups excluding carboxylic acids is 1. The van der Waals surface area contributed by atoms with E-state index < -0.39 is 5.97 Å². The number of amides is 1. The Morgan fingerprint density at radius 1 is 1.41 bits per heavy atom. The minimum Gasteiger partial charge on any atom is -0.493 e. The molecule has 7 heteroatoms. The Morgan fingerprint density at radius 2 is 2.23 bits per heavy atom. The molecule has 1 aromatic heterocycles. The summed E-state index contributed by atoms with van der Waals surface area (Å²) in [5.74, 6) is -0.657. The van der Waals surface area contributed by atoms with Gasteiger partial charge in [0, 0.05) is 10.9 Å². The van der Waals surface area contributed by atoms with E-state index in [0.29, 0.717) is 18.0 Å². The van der Waals surface area contributed by atoms with Gasteiger partial charge in [-0.05, 0) is 12.5 Å². The third-order valence-corrected chi connectivity index (χ3v) is 4.31. The largest absolute Gasteiger partial charge is 0.493 e. The number of nitrogens with one attached hydrogen (secondary N) is 1. The van der Waals surface area contributed by atoms with Crippen molar-refractivity contribution in [3.63, 3.8) is 0 Å². The Hall–Kier alpha value is -2.41. The maximum Gasteiger partial charge on any atom is 0.355 e. The molecule has 22 heavy (non-hydrogen) atoms. The molecule has 1 atom stereocenters. The molecular weight excluding hydrogens is 304 g/mol. The Bertz CT molecular complexity index is 713. The predicted molar refractivity (Wildman–Crippen MR) is 80.2 cm³/mol. The van der Waals surface area contributed by atoms with Crippen LogP contribution in [0.4, 0.5) is 0 Å². The van der Waals surface area contributed by atoms with E-state index in [1.54, 1.807) is 0 Å². The number of ether oxygens (including phenoxy) is 1. The van der Waals surface area contributed by atoms with Crippen LogP contribution in [-0.2, 0) is 11.3 Å². The molecule has 3 rings (SSSR count). The SMILES string of the molecule is O=C(O)c1csc(CNC(=O)C2CCOc3ccccc32)n1. The van der Waals surface area contributed by atoms with Crippen molar-refractivity contribution in [2.45, 2.75) is 18.9 Å². The summed E-state index contributed by atoms with van der Waals surface area (Å²) in [6.07, 6.45) is 0.626. The maximum absolute atomic E-state index is 12.4. The van der Waals surface area contributed by atoms with Crippen LogP contribution in [-0.4, -0.2) is 28.6 Å². The fraction of sp³-hybridized carbons (Fsp3) is 0.267. The van der Waals surface area contributed by atoms with E-state index in [1.807, 2.05) is 24.3 Å². The van der Waals surface area contributed by atoms with Crippen molar-refractivity contribution in [1.82, 2.24) is 10.3 Å². The van der Waals surface area contributed by atoms with Crippen LogP contribution in [0.5, 0.6) is 5.75 Å². The zero-order valence-corrected chi connectivity index (χ0v) is 12.4. The molecule has 0 aliphatic carbocycles. The van der Waals surface area contributed by atoms with E-state index in [4.69, 9.17) is 9.84 Å². The van der Waals surface area contributed by atoms with Crippen LogP contribution >= 0.6 is 11.3 Å². The Kier molecular flexibility index (Phi) is 4.06. The zero-order valence-electron chi connectivity index (χ0n) is 11.6. The van der Waals surface area contributed by atoms with Gasteiger partial charge in [0.2, 0.25) is 5.91 Å². The number of hydrogen-bond donors (Lipinski definition) is 2. The first-order valence-electron chi connectivity index (χ1n) is 6.82. The van der Waals surface area contributed by atoms with Gasteiger partial charge >= 0.3 is 5.97 Å². The van der Waals surface area contributed by atoms with Gasteiger partial charge in [0.05, 0.1) is 19.1 Å². The lowest BCUT2D eigenvalue weighted by Crippen LogP contribution is -2.32. The van der Waals surface area contributed by atoms with Crippen LogP contribution in [0.15, 0.2) is 29.6 Å². The van der Waals surface area contributed by atoms with Crippen molar-refractivity contribution in [3.05, 3.63) is 45.9 Å². The minimum absolute atomic E-state index is 0.00524. The van der Waals surface area contributed by atoms with Crippen molar-refractivity contribution in [1.29, 1.82) is 0 Å². The van der Waals surface area contributed by atoms with Gasteiger partial charge in [-0.3, -0.25) is 4.79 Å². The lowest BCUT2D eigenvalue weighted by atomic mass is 9.92. The van der Waals surface area contributed by atoms with E-state index >= 15 is 0 Å². The molecule has 0 bridgehead atoms. The number of para-hydroxylation sites is 1. The number of carboxylic acid groups (broad SMARTS) is 1. The molecule has 1 unspecified atom stereocenters. The lowest BCUT2D eigenvalue weighted by molar-refractivity contribution is -0.123. The van der Waals surface area contributed by atoms with Gasteiger partial charge < -0.3 is 15.2 Å². The quantitative estimate of drug-likeness (QED) is 0.900. The molecule has 1 aliphatic heterocycles. The molecule has 1 aliphatic rings. The summed E-state index contributed by atoms with van der Waals surface area (Å²) < 4.78 is 5.54. The van der Waals surface area contributed by atoms with E-state index in [1.165, 1.54) is 16.7 Å². The number of carboxylic acids is 1. The van der Waals surface area contributed by atoms with Crippen molar-refractivity contribution in [3.8, 4) is 5.75 Å². The van der Waals surface area contributed by atoms with E-state index in [9.17, 15) is 9.59 Å². The second-order valence-electron chi connectivity index (χ2n) is 4.88. The van der Waals surface area contributed by atoms with E-state index in [0.717, 1.165) is 11.3 Å². The molecule has 0 saturated heterocycles. The number of aromatic carboxylic acids is 1. The summed E-state index contributed by atoms with van der Waals surface area (Å²) in [4.78, 5) is 27.1. The Morgan fingerprint density at radius 3 is 3.00 bits per heavy atom. The van der Waals surface area contributed by atoms with Gasteiger partial charge in [0.25, 0.3) is 0 Å². The highest BCUT2D eigenvalue weighted by molar-refractivity contribution is 7.09. The second-order valence-corrected chi connectivity index (χ2v) is 5.82. The molecule has 6 nitrogen and oxygen atoms in total. The molecule has 114 valence electrons. The van der Waals surface area contributed by atoms with Gasteiger partial charge in [-0.1, -0.05) is 18.2 Å². The highest BCUT2D eigenvalue weighted by atomic mass is 32.1. The molecule has 2 N–H and O–H groups in total. The fourth-order valence-electron chi connectivity index (χ4n) is 2.39. The zero-order chi connectivity index (χ0) is 15.5.